The van der Waals surface area contributed by atoms with Crippen molar-refractivity contribution in [3.05, 3.63) is 52.5 Å². The molecule has 32 heavy (non-hydrogen) atoms. The van der Waals surface area contributed by atoms with E-state index in [0.717, 1.165) is 35.5 Å². The minimum Gasteiger partial charge on any atom is -0.507 e. The van der Waals surface area contributed by atoms with Crippen molar-refractivity contribution < 1.29 is 32.9 Å². The first kappa shape index (κ1) is 26.2. The maximum absolute atomic E-state index is 12.9. The molecule has 0 fully saturated rings. The minimum atomic E-state index is -4.51. The molecule has 2 aromatic rings. The number of nitrogens with one attached hydrogen (secondary N) is 1. The number of ether oxygens (including phenoxy) is 1. The van der Waals surface area contributed by atoms with E-state index in [9.17, 15) is 28.2 Å². The predicted molar refractivity (Wildman–Crippen MR) is 117 cm³/mol. The second kappa shape index (κ2) is 10.7. The SMILES string of the molecule is CC(C)(C)OC(=O)NC(CO)CCc1ccc(Sc2cc(C(F)(F)F)ccc2O)cc1Cl. The molecular formula is C22H25ClF3NO4S. The normalized spacial score (nSPS) is 13.0. The molecule has 0 bridgehead atoms. The van der Waals surface area contributed by atoms with E-state index in [0.29, 0.717) is 22.8 Å². The number of aliphatic hydroxyl groups is 1. The van der Waals surface area contributed by atoms with Crippen LogP contribution >= 0.6 is 23.4 Å². The summed E-state index contributed by atoms with van der Waals surface area (Å²) in [5.74, 6) is -0.262. The van der Waals surface area contributed by atoms with Crippen LogP contribution in [0.3, 0.4) is 0 Å². The zero-order chi connectivity index (χ0) is 24.1. The van der Waals surface area contributed by atoms with Gasteiger partial charge < -0.3 is 20.3 Å². The number of alkyl halides is 3. The Morgan fingerprint density at radius 1 is 1.19 bits per heavy atom. The van der Waals surface area contributed by atoms with E-state index in [1.807, 2.05) is 0 Å². The Labute approximate surface area is 193 Å². The lowest BCUT2D eigenvalue weighted by atomic mass is 10.1. The molecule has 0 radical (unpaired) electrons. The third-order valence-corrected chi connectivity index (χ3v) is 5.63. The lowest BCUT2D eigenvalue weighted by Crippen LogP contribution is -2.41. The molecule has 2 rings (SSSR count). The fraction of sp³-hybridized carbons (Fsp3) is 0.409. The molecule has 0 heterocycles. The number of carbonyl (C=O) groups excluding carboxylic acids is 1. The van der Waals surface area contributed by atoms with Gasteiger partial charge in [-0.2, -0.15) is 13.2 Å². The van der Waals surface area contributed by atoms with E-state index >= 15 is 0 Å². The third kappa shape index (κ3) is 8.11. The number of amides is 1. The number of aromatic hydroxyl groups is 1. The first-order valence-electron chi connectivity index (χ1n) is 9.75. The average molecular weight is 492 g/mol. The lowest BCUT2D eigenvalue weighted by molar-refractivity contribution is -0.137. The van der Waals surface area contributed by atoms with Crippen LogP contribution in [0.4, 0.5) is 18.0 Å². The maximum atomic E-state index is 12.9. The highest BCUT2D eigenvalue weighted by molar-refractivity contribution is 7.99. The van der Waals surface area contributed by atoms with Crippen molar-refractivity contribution in [1.82, 2.24) is 5.32 Å². The standard InChI is InChI=1S/C22H25ClF3NO4S/c1-21(2,3)31-20(30)27-15(12-28)7-4-13-5-8-16(11-17(13)23)32-19-10-14(22(24,25)26)6-9-18(19)29/h5-6,8-11,15,28-29H,4,7,12H2,1-3H3,(H,27,30). The smallest absolute Gasteiger partial charge is 0.416 e. The van der Waals surface area contributed by atoms with Crippen LogP contribution in [0.5, 0.6) is 5.75 Å². The van der Waals surface area contributed by atoms with Crippen molar-refractivity contribution in [3.63, 3.8) is 0 Å². The maximum Gasteiger partial charge on any atom is 0.416 e. The van der Waals surface area contributed by atoms with Gasteiger partial charge in [-0.15, -0.1) is 0 Å². The molecule has 0 aliphatic carbocycles. The van der Waals surface area contributed by atoms with Gasteiger partial charge in [-0.25, -0.2) is 4.79 Å². The van der Waals surface area contributed by atoms with E-state index in [4.69, 9.17) is 16.3 Å². The molecule has 5 nitrogen and oxygen atoms in total. The van der Waals surface area contributed by atoms with Crippen molar-refractivity contribution in [2.45, 2.75) is 61.2 Å². The quantitative estimate of drug-likeness (QED) is 0.440. The molecular weight excluding hydrogens is 467 g/mol. The molecule has 0 saturated carbocycles. The van der Waals surface area contributed by atoms with Crippen LogP contribution in [-0.2, 0) is 17.3 Å². The topological polar surface area (TPSA) is 78.8 Å². The van der Waals surface area contributed by atoms with Crippen LogP contribution in [0, 0.1) is 0 Å². The van der Waals surface area contributed by atoms with Gasteiger partial charge in [0.15, 0.2) is 0 Å². The number of alkyl carbamates (subject to hydrolysis) is 1. The monoisotopic (exact) mass is 491 g/mol. The largest absolute Gasteiger partial charge is 0.507 e. The summed E-state index contributed by atoms with van der Waals surface area (Å²) in [6, 6.07) is 7.17. The Morgan fingerprint density at radius 2 is 1.88 bits per heavy atom. The van der Waals surface area contributed by atoms with E-state index in [1.165, 1.54) is 0 Å². The first-order valence-corrected chi connectivity index (χ1v) is 10.9. The first-order chi connectivity index (χ1) is 14.8. The number of benzene rings is 2. The molecule has 2 aromatic carbocycles. The number of carbonyl (C=O) groups is 1. The number of phenolic OH excluding ortho intramolecular Hbond substituents is 1. The second-order valence-corrected chi connectivity index (χ2v) is 9.62. The number of aliphatic hydroxyl groups excluding tert-OH is 1. The van der Waals surface area contributed by atoms with Gasteiger partial charge in [0.2, 0.25) is 0 Å². The summed E-state index contributed by atoms with van der Waals surface area (Å²) in [5.41, 5.74) is -0.767. The van der Waals surface area contributed by atoms with Crippen LogP contribution in [0.2, 0.25) is 5.02 Å². The molecule has 0 spiro atoms. The molecule has 1 atom stereocenters. The fourth-order valence-corrected chi connectivity index (χ4v) is 3.97. The Bertz CT molecular complexity index is 948. The van der Waals surface area contributed by atoms with Crippen molar-refractivity contribution in [2.24, 2.45) is 0 Å². The summed E-state index contributed by atoms with van der Waals surface area (Å²) in [6.45, 7) is 4.93. The van der Waals surface area contributed by atoms with Crippen LogP contribution in [0.1, 0.15) is 38.3 Å². The van der Waals surface area contributed by atoms with Crippen LogP contribution in [-0.4, -0.2) is 34.6 Å². The minimum absolute atomic E-state index is 0.0607. The van der Waals surface area contributed by atoms with E-state index < -0.39 is 29.5 Å². The van der Waals surface area contributed by atoms with Crippen LogP contribution < -0.4 is 5.32 Å². The third-order valence-electron chi connectivity index (χ3n) is 4.24. The number of hydrogen-bond donors (Lipinski definition) is 3. The summed E-state index contributed by atoms with van der Waals surface area (Å²) < 4.78 is 44.0. The van der Waals surface area contributed by atoms with Crippen molar-refractivity contribution >= 4 is 29.5 Å². The second-order valence-electron chi connectivity index (χ2n) is 8.10. The van der Waals surface area contributed by atoms with E-state index in [1.54, 1.807) is 39.0 Å². The Kier molecular flexibility index (Phi) is 8.73. The van der Waals surface area contributed by atoms with E-state index in [2.05, 4.69) is 5.32 Å². The van der Waals surface area contributed by atoms with E-state index in [-0.39, 0.29) is 17.3 Å². The molecule has 10 heteroatoms. The van der Waals surface area contributed by atoms with Gasteiger partial charge in [-0.05, 0) is 69.5 Å². The Morgan fingerprint density at radius 3 is 2.44 bits per heavy atom. The molecule has 0 aromatic heterocycles. The Balaban J connectivity index is 2.04. The number of hydrogen-bond acceptors (Lipinski definition) is 5. The summed E-state index contributed by atoms with van der Waals surface area (Å²) in [7, 11) is 0. The Hall–Kier alpha value is -2.10. The van der Waals surface area contributed by atoms with Gasteiger partial charge in [0, 0.05) is 9.92 Å². The zero-order valence-corrected chi connectivity index (χ0v) is 19.4. The van der Waals surface area contributed by atoms with Gasteiger partial charge in [-0.3, -0.25) is 0 Å². The molecule has 0 aliphatic heterocycles. The molecule has 1 amide bonds. The summed E-state index contributed by atoms with van der Waals surface area (Å²) in [6.07, 6.45) is -4.30. The van der Waals surface area contributed by atoms with Crippen molar-refractivity contribution in [2.75, 3.05) is 6.61 Å². The highest BCUT2D eigenvalue weighted by atomic mass is 35.5. The molecule has 176 valence electrons. The molecule has 3 N–H and O–H groups in total. The van der Waals surface area contributed by atoms with Crippen molar-refractivity contribution in [3.8, 4) is 5.75 Å². The van der Waals surface area contributed by atoms with Gasteiger partial charge >= 0.3 is 12.3 Å². The number of rotatable bonds is 7. The van der Waals surface area contributed by atoms with Gasteiger partial charge in [0.25, 0.3) is 0 Å². The van der Waals surface area contributed by atoms with Crippen LogP contribution in [0.15, 0.2) is 46.2 Å². The van der Waals surface area contributed by atoms with Crippen LogP contribution in [0.25, 0.3) is 0 Å². The number of aryl methyl sites for hydroxylation is 1. The molecule has 0 saturated heterocycles. The molecule has 0 aliphatic rings. The highest BCUT2D eigenvalue weighted by Crippen LogP contribution is 2.40. The highest BCUT2D eigenvalue weighted by Gasteiger charge is 2.31. The van der Waals surface area contributed by atoms with Gasteiger partial charge in [0.05, 0.1) is 23.1 Å². The fourth-order valence-electron chi connectivity index (χ4n) is 2.71. The summed E-state index contributed by atoms with van der Waals surface area (Å²) in [5, 5.41) is 22.4. The number of halogens is 4. The lowest BCUT2D eigenvalue weighted by Gasteiger charge is -2.22. The summed E-state index contributed by atoms with van der Waals surface area (Å²) >= 11 is 7.29. The zero-order valence-electron chi connectivity index (χ0n) is 17.8. The average Bonchev–Trinajstić information content (AvgIpc) is 2.65. The predicted octanol–water partition coefficient (Wildman–Crippen LogP) is 6.03. The van der Waals surface area contributed by atoms with Crippen molar-refractivity contribution in [1.29, 1.82) is 0 Å². The van der Waals surface area contributed by atoms with Gasteiger partial charge in [0.1, 0.15) is 11.4 Å². The summed E-state index contributed by atoms with van der Waals surface area (Å²) in [4.78, 5) is 12.5. The molecule has 1 unspecified atom stereocenters. The number of phenols is 1. The van der Waals surface area contributed by atoms with Gasteiger partial charge in [-0.1, -0.05) is 29.4 Å².